The van der Waals surface area contributed by atoms with Crippen LogP contribution in [-0.2, 0) is 21.2 Å². The van der Waals surface area contributed by atoms with Crippen LogP contribution in [0.15, 0.2) is 23.1 Å². The molecule has 6 nitrogen and oxygen atoms in total. The van der Waals surface area contributed by atoms with E-state index in [0.29, 0.717) is 28.6 Å². The molecular formula is C15H16F3NO5S. The minimum Gasteiger partial charge on any atom is -0.493 e. The SMILES string of the molecule is O=C(O)[C@@H]1CN(S(=O)(=O)c2ccc3c(c2)CCCO3)C[C@H]1C(F)(F)F. The lowest BCUT2D eigenvalue weighted by molar-refractivity contribution is -0.187. The van der Waals surface area contributed by atoms with E-state index in [1.54, 1.807) is 0 Å². The van der Waals surface area contributed by atoms with Gasteiger partial charge in [0.25, 0.3) is 0 Å². The Labute approximate surface area is 142 Å². The van der Waals surface area contributed by atoms with Crippen molar-refractivity contribution < 1.29 is 36.2 Å². The number of ether oxygens (including phenoxy) is 1. The standard InChI is InChI=1S/C15H16F3NO5S/c16-15(17,18)12-8-19(7-11(12)14(20)21)25(22,23)10-3-4-13-9(6-10)2-1-5-24-13/h3-4,6,11-12H,1-2,5,7-8H2,(H,20,21)/t11-,12-/m1/s1. The molecule has 2 aliphatic rings. The number of alkyl halides is 3. The van der Waals surface area contributed by atoms with Crippen molar-refractivity contribution in [1.29, 1.82) is 0 Å². The lowest BCUT2D eigenvalue weighted by Crippen LogP contribution is -2.34. The maximum Gasteiger partial charge on any atom is 0.393 e. The molecule has 0 saturated carbocycles. The maximum absolute atomic E-state index is 13.1. The minimum atomic E-state index is -4.78. The number of fused-ring (bicyclic) bond motifs is 1. The summed E-state index contributed by atoms with van der Waals surface area (Å²) in [6.45, 7) is -1.06. The van der Waals surface area contributed by atoms with Gasteiger partial charge in [-0.3, -0.25) is 4.79 Å². The van der Waals surface area contributed by atoms with Gasteiger partial charge in [0, 0.05) is 13.1 Å². The highest BCUT2D eigenvalue weighted by molar-refractivity contribution is 7.89. The molecule has 0 bridgehead atoms. The molecule has 10 heteroatoms. The number of aryl methyl sites for hydroxylation is 1. The summed E-state index contributed by atoms with van der Waals surface area (Å²) in [6.07, 6.45) is -3.45. The number of halogens is 3. The number of benzene rings is 1. The summed E-state index contributed by atoms with van der Waals surface area (Å²) in [5.74, 6) is -5.13. The molecule has 1 saturated heterocycles. The molecule has 3 rings (SSSR count). The van der Waals surface area contributed by atoms with E-state index in [9.17, 15) is 26.4 Å². The van der Waals surface area contributed by atoms with Crippen molar-refractivity contribution in [2.24, 2.45) is 11.8 Å². The first-order chi connectivity index (χ1) is 11.6. The third kappa shape index (κ3) is 3.32. The Bertz CT molecular complexity index is 793. The fourth-order valence-electron chi connectivity index (χ4n) is 3.19. The lowest BCUT2D eigenvalue weighted by Gasteiger charge is -2.21. The quantitative estimate of drug-likeness (QED) is 0.867. The van der Waals surface area contributed by atoms with Crippen LogP contribution in [0.5, 0.6) is 5.75 Å². The van der Waals surface area contributed by atoms with Gasteiger partial charge in [-0.05, 0) is 36.6 Å². The minimum absolute atomic E-state index is 0.149. The molecule has 1 aromatic carbocycles. The summed E-state index contributed by atoms with van der Waals surface area (Å²) < 4.78 is 70.5. The summed E-state index contributed by atoms with van der Waals surface area (Å²) in [4.78, 5) is 11.0. The average Bonchev–Trinajstić information content (AvgIpc) is 3.01. The Morgan fingerprint density at radius 2 is 2.00 bits per heavy atom. The zero-order chi connectivity index (χ0) is 18.4. The second-order valence-electron chi connectivity index (χ2n) is 6.14. The first-order valence-electron chi connectivity index (χ1n) is 7.66. The van der Waals surface area contributed by atoms with Gasteiger partial charge in [-0.1, -0.05) is 0 Å². The van der Waals surface area contributed by atoms with Gasteiger partial charge < -0.3 is 9.84 Å². The number of hydrogen-bond acceptors (Lipinski definition) is 4. The Morgan fingerprint density at radius 3 is 2.60 bits per heavy atom. The van der Waals surface area contributed by atoms with E-state index in [2.05, 4.69) is 0 Å². The molecule has 0 unspecified atom stereocenters. The smallest absolute Gasteiger partial charge is 0.393 e. The normalized spacial score (nSPS) is 24.6. The van der Waals surface area contributed by atoms with Crippen LogP contribution in [-0.4, -0.2) is 49.7 Å². The Kier molecular flexibility index (Phi) is 4.44. The van der Waals surface area contributed by atoms with Crippen LogP contribution >= 0.6 is 0 Å². The van der Waals surface area contributed by atoms with Crippen LogP contribution in [0.3, 0.4) is 0 Å². The van der Waals surface area contributed by atoms with Crippen LogP contribution in [0, 0.1) is 11.8 Å². The zero-order valence-electron chi connectivity index (χ0n) is 13.0. The van der Waals surface area contributed by atoms with E-state index < -0.39 is 47.1 Å². The predicted molar refractivity (Wildman–Crippen MR) is 79.7 cm³/mol. The number of carbonyl (C=O) groups is 1. The first kappa shape index (κ1) is 18.0. The third-order valence-corrected chi connectivity index (χ3v) is 6.37. The van der Waals surface area contributed by atoms with E-state index in [-0.39, 0.29) is 4.90 Å². The zero-order valence-corrected chi connectivity index (χ0v) is 13.8. The van der Waals surface area contributed by atoms with Crippen molar-refractivity contribution in [3.05, 3.63) is 23.8 Å². The largest absolute Gasteiger partial charge is 0.493 e. The van der Waals surface area contributed by atoms with Crippen molar-refractivity contribution >= 4 is 16.0 Å². The maximum atomic E-state index is 13.1. The first-order valence-corrected chi connectivity index (χ1v) is 9.10. The van der Waals surface area contributed by atoms with E-state index in [4.69, 9.17) is 9.84 Å². The fraction of sp³-hybridized carbons (Fsp3) is 0.533. The van der Waals surface area contributed by atoms with Crippen LogP contribution in [0.2, 0.25) is 0 Å². The summed E-state index contributed by atoms with van der Waals surface area (Å²) in [6, 6.07) is 4.14. The molecule has 1 fully saturated rings. The van der Waals surface area contributed by atoms with E-state index in [1.165, 1.54) is 18.2 Å². The van der Waals surface area contributed by atoms with E-state index in [0.717, 1.165) is 6.42 Å². The number of hydrogen-bond donors (Lipinski definition) is 1. The van der Waals surface area contributed by atoms with Gasteiger partial charge >= 0.3 is 12.1 Å². The number of rotatable bonds is 3. The Balaban J connectivity index is 1.91. The monoisotopic (exact) mass is 379 g/mol. The van der Waals surface area contributed by atoms with Crippen molar-refractivity contribution in [3.8, 4) is 5.75 Å². The summed E-state index contributed by atoms with van der Waals surface area (Å²) in [7, 11) is -4.22. The van der Waals surface area contributed by atoms with Crippen LogP contribution < -0.4 is 4.74 Å². The topological polar surface area (TPSA) is 83.9 Å². The molecule has 1 aromatic rings. The molecule has 0 amide bonds. The molecule has 1 N–H and O–H groups in total. The van der Waals surface area contributed by atoms with Crippen LogP contribution in [0.25, 0.3) is 0 Å². The highest BCUT2D eigenvalue weighted by atomic mass is 32.2. The molecule has 138 valence electrons. The number of sulfonamides is 1. The van der Waals surface area contributed by atoms with Crippen molar-refractivity contribution in [2.45, 2.75) is 23.9 Å². The number of carboxylic acids is 1. The summed E-state index contributed by atoms with van der Waals surface area (Å²) in [5.41, 5.74) is 0.675. The Morgan fingerprint density at radius 1 is 1.28 bits per heavy atom. The third-order valence-electron chi connectivity index (χ3n) is 4.54. The predicted octanol–water partition coefficient (Wildman–Crippen LogP) is 1.90. The molecule has 2 aliphatic heterocycles. The van der Waals surface area contributed by atoms with Crippen LogP contribution in [0.1, 0.15) is 12.0 Å². The van der Waals surface area contributed by atoms with Gasteiger partial charge in [0.05, 0.1) is 23.3 Å². The highest BCUT2D eigenvalue weighted by Crippen LogP contribution is 2.40. The van der Waals surface area contributed by atoms with Crippen LogP contribution in [0.4, 0.5) is 13.2 Å². The molecule has 0 radical (unpaired) electrons. The van der Waals surface area contributed by atoms with E-state index in [1.807, 2.05) is 0 Å². The average molecular weight is 379 g/mol. The molecular weight excluding hydrogens is 363 g/mol. The molecule has 2 atom stereocenters. The van der Waals surface area contributed by atoms with E-state index >= 15 is 0 Å². The number of aliphatic carboxylic acids is 1. The number of carboxylic acid groups (broad SMARTS) is 1. The fourth-order valence-corrected chi connectivity index (χ4v) is 4.74. The Hall–Kier alpha value is -1.81. The van der Waals surface area contributed by atoms with Gasteiger partial charge in [0.2, 0.25) is 10.0 Å². The second-order valence-corrected chi connectivity index (χ2v) is 8.07. The van der Waals surface area contributed by atoms with Crippen molar-refractivity contribution in [2.75, 3.05) is 19.7 Å². The molecule has 0 aliphatic carbocycles. The second kappa shape index (κ2) is 6.17. The van der Waals surface area contributed by atoms with Gasteiger partial charge in [-0.25, -0.2) is 8.42 Å². The van der Waals surface area contributed by atoms with Crippen molar-refractivity contribution in [3.63, 3.8) is 0 Å². The molecule has 25 heavy (non-hydrogen) atoms. The van der Waals surface area contributed by atoms with Gasteiger partial charge in [-0.15, -0.1) is 0 Å². The summed E-state index contributed by atoms with van der Waals surface area (Å²) >= 11 is 0. The molecule has 2 heterocycles. The molecule has 0 aromatic heterocycles. The highest BCUT2D eigenvalue weighted by Gasteiger charge is 2.55. The molecule has 0 spiro atoms. The lowest BCUT2D eigenvalue weighted by atomic mass is 9.96. The van der Waals surface area contributed by atoms with Crippen molar-refractivity contribution in [1.82, 2.24) is 4.31 Å². The van der Waals surface area contributed by atoms with Gasteiger partial charge in [0.15, 0.2) is 0 Å². The summed E-state index contributed by atoms with van der Waals surface area (Å²) in [5, 5.41) is 9.02. The van der Waals surface area contributed by atoms with Gasteiger partial charge in [0.1, 0.15) is 5.75 Å². The van der Waals surface area contributed by atoms with Gasteiger partial charge in [-0.2, -0.15) is 17.5 Å². The number of nitrogens with zero attached hydrogens (tertiary/aromatic N) is 1.